The minimum absolute atomic E-state index is 0.115. The van der Waals surface area contributed by atoms with Crippen LogP contribution < -0.4 is 10.1 Å². The Labute approximate surface area is 112 Å². The third-order valence-corrected chi connectivity index (χ3v) is 2.93. The number of nitrogens with one attached hydrogen (secondary N) is 1. The summed E-state index contributed by atoms with van der Waals surface area (Å²) in [6.07, 6.45) is 0.834. The van der Waals surface area contributed by atoms with E-state index in [1.54, 1.807) is 7.11 Å². The lowest BCUT2D eigenvalue weighted by Crippen LogP contribution is -2.35. The molecule has 1 aliphatic rings. The Morgan fingerprint density at radius 2 is 2.32 bits per heavy atom. The van der Waals surface area contributed by atoms with Crippen molar-refractivity contribution in [3.05, 3.63) is 29.8 Å². The Kier molecular flexibility index (Phi) is 4.39. The molecule has 1 atom stereocenters. The number of oxime groups is 1. The maximum atomic E-state index is 11.8. The van der Waals surface area contributed by atoms with Gasteiger partial charge in [-0.2, -0.15) is 0 Å². The number of ether oxygens (including phenoxy) is 1. The van der Waals surface area contributed by atoms with Gasteiger partial charge in [-0.05, 0) is 18.6 Å². The molecule has 0 fully saturated rings. The van der Waals surface area contributed by atoms with Crippen molar-refractivity contribution in [1.29, 1.82) is 0 Å². The van der Waals surface area contributed by atoms with Gasteiger partial charge in [0.25, 0.3) is 5.91 Å². The van der Waals surface area contributed by atoms with Crippen molar-refractivity contribution in [2.75, 3.05) is 13.7 Å². The molecule has 0 radical (unpaired) electrons. The fourth-order valence-electron chi connectivity index (χ4n) is 1.92. The normalized spacial score (nSPS) is 17.6. The van der Waals surface area contributed by atoms with Gasteiger partial charge in [0.1, 0.15) is 5.75 Å². The van der Waals surface area contributed by atoms with E-state index in [0.717, 1.165) is 23.4 Å². The zero-order chi connectivity index (χ0) is 13.7. The van der Waals surface area contributed by atoms with E-state index in [1.165, 1.54) is 0 Å². The second-order valence-electron chi connectivity index (χ2n) is 4.33. The zero-order valence-electron chi connectivity index (χ0n) is 11.2. The van der Waals surface area contributed by atoms with E-state index in [9.17, 15) is 4.79 Å². The van der Waals surface area contributed by atoms with Crippen LogP contribution in [0.5, 0.6) is 5.75 Å². The molecule has 1 amide bonds. The molecule has 102 valence electrons. The van der Waals surface area contributed by atoms with Crippen LogP contribution in [0, 0.1) is 0 Å². The van der Waals surface area contributed by atoms with Gasteiger partial charge < -0.3 is 14.9 Å². The summed E-state index contributed by atoms with van der Waals surface area (Å²) in [5.41, 5.74) is 1.62. The Hall–Kier alpha value is -2.04. The number of hydrogen-bond donors (Lipinski definition) is 1. The molecule has 1 aromatic carbocycles. The maximum Gasteiger partial charge on any atom is 0.264 e. The van der Waals surface area contributed by atoms with Crippen LogP contribution in [0.2, 0.25) is 0 Å². The summed E-state index contributed by atoms with van der Waals surface area (Å²) in [7, 11) is 1.61. The topological polar surface area (TPSA) is 59.9 Å². The Morgan fingerprint density at radius 1 is 1.53 bits per heavy atom. The molecule has 0 aliphatic carbocycles. The van der Waals surface area contributed by atoms with E-state index in [2.05, 4.69) is 10.5 Å². The number of benzene rings is 1. The Balaban J connectivity index is 2.03. The lowest BCUT2D eigenvalue weighted by atomic mass is 10.0. The molecule has 1 aliphatic heterocycles. The lowest BCUT2D eigenvalue weighted by Gasteiger charge is -2.09. The summed E-state index contributed by atoms with van der Waals surface area (Å²) < 4.78 is 5.28. The minimum Gasteiger partial charge on any atom is -0.496 e. The molecular formula is C14H18N2O3. The Morgan fingerprint density at radius 3 is 3.05 bits per heavy atom. The average molecular weight is 262 g/mol. The van der Waals surface area contributed by atoms with Crippen LogP contribution in [0.15, 0.2) is 29.4 Å². The molecule has 2 rings (SSSR count). The first kappa shape index (κ1) is 13.4. The zero-order valence-corrected chi connectivity index (χ0v) is 11.2. The molecule has 5 heteroatoms. The summed E-state index contributed by atoms with van der Waals surface area (Å²) in [6.45, 7) is 2.66. The van der Waals surface area contributed by atoms with E-state index < -0.39 is 6.10 Å². The third-order valence-electron chi connectivity index (χ3n) is 2.93. The summed E-state index contributed by atoms with van der Waals surface area (Å²) in [4.78, 5) is 17.0. The van der Waals surface area contributed by atoms with Crippen LogP contribution in [-0.2, 0) is 9.63 Å². The maximum absolute atomic E-state index is 11.8. The van der Waals surface area contributed by atoms with Gasteiger partial charge in [0, 0.05) is 18.5 Å². The molecule has 1 heterocycles. The highest BCUT2D eigenvalue weighted by molar-refractivity contribution is 6.05. The largest absolute Gasteiger partial charge is 0.496 e. The van der Waals surface area contributed by atoms with Crippen LogP contribution in [-0.4, -0.2) is 31.4 Å². The van der Waals surface area contributed by atoms with Crippen LogP contribution >= 0.6 is 0 Å². The van der Waals surface area contributed by atoms with Gasteiger partial charge in [-0.15, -0.1) is 0 Å². The standard InChI is InChI=1S/C14H18N2O3/c1-3-8-15-14(17)13-9-11(16-19-13)10-6-4-5-7-12(10)18-2/h4-7,13H,3,8-9H2,1-2H3,(H,15,17). The van der Waals surface area contributed by atoms with E-state index in [-0.39, 0.29) is 5.91 Å². The fraction of sp³-hybridized carbons (Fsp3) is 0.429. The van der Waals surface area contributed by atoms with Gasteiger partial charge >= 0.3 is 0 Å². The van der Waals surface area contributed by atoms with E-state index in [1.807, 2.05) is 31.2 Å². The van der Waals surface area contributed by atoms with Crippen molar-refractivity contribution in [3.63, 3.8) is 0 Å². The number of carbonyl (C=O) groups is 1. The molecule has 0 saturated carbocycles. The Bertz CT molecular complexity index is 485. The summed E-state index contributed by atoms with van der Waals surface area (Å²) in [6, 6.07) is 7.57. The SMILES string of the molecule is CCCNC(=O)C1CC(c2ccccc2OC)=NO1. The first-order chi connectivity index (χ1) is 9.26. The van der Waals surface area contributed by atoms with Crippen molar-refractivity contribution in [2.45, 2.75) is 25.9 Å². The predicted octanol–water partition coefficient (Wildman–Crippen LogP) is 1.71. The minimum atomic E-state index is -0.536. The molecular weight excluding hydrogens is 244 g/mol. The van der Waals surface area contributed by atoms with Gasteiger partial charge in [0.05, 0.1) is 12.8 Å². The van der Waals surface area contributed by atoms with Crippen LogP contribution in [0.1, 0.15) is 25.3 Å². The molecule has 19 heavy (non-hydrogen) atoms. The molecule has 0 saturated heterocycles. The van der Waals surface area contributed by atoms with Crippen molar-refractivity contribution in [1.82, 2.24) is 5.32 Å². The van der Waals surface area contributed by atoms with Crippen LogP contribution in [0.3, 0.4) is 0 Å². The van der Waals surface area contributed by atoms with Gasteiger partial charge in [0.2, 0.25) is 6.10 Å². The number of hydrogen-bond acceptors (Lipinski definition) is 4. The number of rotatable bonds is 5. The lowest BCUT2D eigenvalue weighted by molar-refractivity contribution is -0.131. The monoisotopic (exact) mass is 262 g/mol. The van der Waals surface area contributed by atoms with Crippen LogP contribution in [0.25, 0.3) is 0 Å². The number of methoxy groups -OCH3 is 1. The van der Waals surface area contributed by atoms with Crippen molar-refractivity contribution < 1.29 is 14.4 Å². The number of nitrogens with zero attached hydrogens (tertiary/aromatic N) is 1. The first-order valence-corrected chi connectivity index (χ1v) is 6.40. The third kappa shape index (κ3) is 3.05. The summed E-state index contributed by atoms with van der Waals surface area (Å²) in [5, 5.41) is 6.81. The molecule has 0 aromatic heterocycles. The molecule has 1 aromatic rings. The summed E-state index contributed by atoms with van der Waals surface area (Å²) >= 11 is 0. The highest BCUT2D eigenvalue weighted by Crippen LogP contribution is 2.24. The average Bonchev–Trinajstić information content (AvgIpc) is 2.94. The number of amides is 1. The molecule has 1 N–H and O–H groups in total. The van der Waals surface area contributed by atoms with E-state index >= 15 is 0 Å². The second kappa shape index (κ2) is 6.22. The quantitative estimate of drug-likeness (QED) is 0.878. The summed E-state index contributed by atoms with van der Waals surface area (Å²) in [5.74, 6) is 0.620. The molecule has 5 nitrogen and oxygen atoms in total. The first-order valence-electron chi connectivity index (χ1n) is 6.40. The van der Waals surface area contributed by atoms with Gasteiger partial charge in [-0.1, -0.05) is 24.2 Å². The van der Waals surface area contributed by atoms with Crippen molar-refractivity contribution in [2.24, 2.45) is 5.16 Å². The van der Waals surface area contributed by atoms with Crippen LogP contribution in [0.4, 0.5) is 0 Å². The van der Waals surface area contributed by atoms with Crippen molar-refractivity contribution in [3.8, 4) is 5.75 Å². The molecule has 0 spiro atoms. The van der Waals surface area contributed by atoms with E-state index in [0.29, 0.717) is 13.0 Å². The highest BCUT2D eigenvalue weighted by Gasteiger charge is 2.29. The fourth-order valence-corrected chi connectivity index (χ4v) is 1.92. The van der Waals surface area contributed by atoms with Gasteiger partial charge in [-0.3, -0.25) is 4.79 Å². The van der Waals surface area contributed by atoms with Gasteiger partial charge in [0.15, 0.2) is 0 Å². The highest BCUT2D eigenvalue weighted by atomic mass is 16.6. The van der Waals surface area contributed by atoms with Crippen molar-refractivity contribution >= 4 is 11.6 Å². The van der Waals surface area contributed by atoms with E-state index in [4.69, 9.17) is 9.57 Å². The van der Waals surface area contributed by atoms with Gasteiger partial charge in [-0.25, -0.2) is 0 Å². The smallest absolute Gasteiger partial charge is 0.264 e. The number of para-hydroxylation sites is 1. The second-order valence-corrected chi connectivity index (χ2v) is 4.33. The predicted molar refractivity (Wildman–Crippen MR) is 72.3 cm³/mol. The molecule has 0 bridgehead atoms. The molecule has 1 unspecified atom stereocenters. The number of carbonyl (C=O) groups excluding carboxylic acids is 1.